The van der Waals surface area contributed by atoms with Crippen LogP contribution in [0.2, 0.25) is 0 Å². The number of Topliss-reactive ketones (excluding diaryl/α,β-unsaturated/α-hetero) is 1. The molecule has 78 valence electrons. The minimum atomic E-state index is -0.0764. The molecule has 2 saturated carbocycles. The van der Waals surface area contributed by atoms with Crippen molar-refractivity contribution in [2.45, 2.75) is 32.6 Å². The second-order valence-electron chi connectivity index (χ2n) is 4.32. The van der Waals surface area contributed by atoms with Crippen LogP contribution >= 0.6 is 0 Å². The molecule has 2 fully saturated rings. The average molecular weight is 196 g/mol. The van der Waals surface area contributed by atoms with Crippen molar-refractivity contribution in [1.29, 1.82) is 0 Å². The molecule has 0 N–H and O–H groups in total. The first-order valence-electron chi connectivity index (χ1n) is 5.40. The highest BCUT2D eigenvalue weighted by Gasteiger charge is 2.46. The van der Waals surface area contributed by atoms with Gasteiger partial charge in [0.05, 0.1) is 12.5 Å². The summed E-state index contributed by atoms with van der Waals surface area (Å²) in [5.74, 6) is 0.832. The van der Waals surface area contributed by atoms with Crippen LogP contribution in [0.15, 0.2) is 0 Å². The lowest BCUT2D eigenvalue weighted by atomic mass is 9.78. The van der Waals surface area contributed by atoms with Gasteiger partial charge in [-0.2, -0.15) is 0 Å². The molecule has 3 nitrogen and oxygen atoms in total. The van der Waals surface area contributed by atoms with Gasteiger partial charge in [0.15, 0.2) is 0 Å². The van der Waals surface area contributed by atoms with Crippen LogP contribution in [-0.4, -0.2) is 18.4 Å². The summed E-state index contributed by atoms with van der Waals surface area (Å²) in [6.45, 7) is 2.27. The Labute approximate surface area is 83.8 Å². The van der Waals surface area contributed by atoms with E-state index in [1.807, 2.05) is 6.92 Å². The molecule has 14 heavy (non-hydrogen) atoms. The first kappa shape index (κ1) is 9.69. The van der Waals surface area contributed by atoms with Gasteiger partial charge in [0.1, 0.15) is 5.78 Å². The van der Waals surface area contributed by atoms with Crippen LogP contribution in [0.5, 0.6) is 0 Å². The van der Waals surface area contributed by atoms with Crippen LogP contribution in [0.1, 0.15) is 32.6 Å². The Bertz CT molecular complexity index is 243. The number of ether oxygens (including phenoxy) is 1. The van der Waals surface area contributed by atoms with Gasteiger partial charge in [-0.1, -0.05) is 0 Å². The van der Waals surface area contributed by atoms with E-state index >= 15 is 0 Å². The third-order valence-electron chi connectivity index (χ3n) is 3.46. The Morgan fingerprint density at radius 3 is 2.43 bits per heavy atom. The summed E-state index contributed by atoms with van der Waals surface area (Å²) in [5, 5.41) is 0. The number of ketones is 1. The molecule has 0 unspecified atom stereocenters. The summed E-state index contributed by atoms with van der Waals surface area (Å²) in [5.41, 5.74) is 0. The molecule has 2 aliphatic carbocycles. The van der Waals surface area contributed by atoms with Crippen molar-refractivity contribution in [3.63, 3.8) is 0 Å². The van der Waals surface area contributed by atoms with Crippen LogP contribution in [0.25, 0.3) is 0 Å². The molecule has 3 heteroatoms. The minimum Gasteiger partial charge on any atom is -0.466 e. The van der Waals surface area contributed by atoms with Crippen molar-refractivity contribution in [2.24, 2.45) is 17.8 Å². The molecular weight excluding hydrogens is 180 g/mol. The molecule has 0 saturated heterocycles. The lowest BCUT2D eigenvalue weighted by Crippen LogP contribution is -2.33. The number of fused-ring (bicyclic) bond motifs is 2. The highest BCUT2D eigenvalue weighted by molar-refractivity contribution is 5.84. The second-order valence-corrected chi connectivity index (χ2v) is 4.32. The Hall–Kier alpha value is -0.860. The summed E-state index contributed by atoms with van der Waals surface area (Å²) in [6.07, 6.45) is 3.25. The SMILES string of the molecule is CCOC(=O)C1[C@H]2CC[C@H]1CC(=O)C2. The molecule has 2 bridgehead atoms. The van der Waals surface area contributed by atoms with Crippen molar-refractivity contribution < 1.29 is 14.3 Å². The van der Waals surface area contributed by atoms with E-state index in [1.54, 1.807) is 0 Å². The highest BCUT2D eigenvalue weighted by atomic mass is 16.5. The maximum atomic E-state index is 11.6. The maximum absolute atomic E-state index is 11.6. The molecule has 0 spiro atoms. The van der Waals surface area contributed by atoms with E-state index in [-0.39, 0.29) is 23.7 Å². The lowest BCUT2D eigenvalue weighted by Gasteiger charge is -2.26. The van der Waals surface area contributed by atoms with E-state index in [4.69, 9.17) is 4.74 Å². The van der Waals surface area contributed by atoms with Crippen LogP contribution in [0, 0.1) is 17.8 Å². The van der Waals surface area contributed by atoms with Gasteiger partial charge in [0, 0.05) is 12.8 Å². The maximum Gasteiger partial charge on any atom is 0.309 e. The number of carbonyl (C=O) groups excluding carboxylic acids is 2. The van der Waals surface area contributed by atoms with Crippen molar-refractivity contribution >= 4 is 11.8 Å². The molecule has 2 aliphatic rings. The monoisotopic (exact) mass is 196 g/mol. The summed E-state index contributed by atoms with van der Waals surface area (Å²) in [6, 6.07) is 0. The fourth-order valence-corrected chi connectivity index (χ4v) is 2.92. The van der Waals surface area contributed by atoms with Gasteiger partial charge in [-0.3, -0.25) is 9.59 Å². The quantitative estimate of drug-likeness (QED) is 0.629. The van der Waals surface area contributed by atoms with Crippen molar-refractivity contribution in [3.8, 4) is 0 Å². The normalized spacial score (nSPS) is 35.8. The van der Waals surface area contributed by atoms with Crippen LogP contribution in [0.3, 0.4) is 0 Å². The minimum absolute atomic E-state index is 0.0210. The zero-order valence-corrected chi connectivity index (χ0v) is 8.49. The Balaban J connectivity index is 2.07. The summed E-state index contributed by atoms with van der Waals surface area (Å²) in [4.78, 5) is 22.9. The van der Waals surface area contributed by atoms with Gasteiger partial charge < -0.3 is 4.74 Å². The smallest absolute Gasteiger partial charge is 0.309 e. The Morgan fingerprint density at radius 1 is 1.36 bits per heavy atom. The Kier molecular flexibility index (Phi) is 2.57. The Morgan fingerprint density at radius 2 is 1.93 bits per heavy atom. The third-order valence-corrected chi connectivity index (χ3v) is 3.46. The van der Waals surface area contributed by atoms with E-state index in [1.165, 1.54) is 0 Å². The third kappa shape index (κ3) is 1.56. The van der Waals surface area contributed by atoms with Gasteiger partial charge in [0.2, 0.25) is 0 Å². The first-order valence-corrected chi connectivity index (χ1v) is 5.40. The zero-order chi connectivity index (χ0) is 10.1. The molecule has 0 aliphatic heterocycles. The zero-order valence-electron chi connectivity index (χ0n) is 8.49. The second kappa shape index (κ2) is 3.71. The average Bonchev–Trinajstić information content (AvgIpc) is 2.39. The number of hydrogen-bond acceptors (Lipinski definition) is 3. The molecular formula is C11H16O3. The molecule has 2 atom stereocenters. The number of carbonyl (C=O) groups is 2. The number of esters is 1. The van der Waals surface area contributed by atoms with Gasteiger partial charge in [-0.25, -0.2) is 0 Å². The largest absolute Gasteiger partial charge is 0.466 e. The predicted octanol–water partition coefficient (Wildman–Crippen LogP) is 1.55. The number of rotatable bonds is 2. The molecule has 0 radical (unpaired) electrons. The van der Waals surface area contributed by atoms with Crippen LogP contribution < -0.4 is 0 Å². The van der Waals surface area contributed by atoms with Gasteiger partial charge in [-0.05, 0) is 31.6 Å². The van der Waals surface area contributed by atoms with Crippen molar-refractivity contribution in [1.82, 2.24) is 0 Å². The molecule has 0 heterocycles. The predicted molar refractivity (Wildman–Crippen MR) is 50.6 cm³/mol. The van der Waals surface area contributed by atoms with Gasteiger partial charge in [-0.15, -0.1) is 0 Å². The van der Waals surface area contributed by atoms with E-state index < -0.39 is 0 Å². The summed E-state index contributed by atoms with van der Waals surface area (Å²) < 4.78 is 5.05. The number of hydrogen-bond donors (Lipinski definition) is 0. The van der Waals surface area contributed by atoms with Crippen LogP contribution in [0.4, 0.5) is 0 Å². The molecule has 0 amide bonds. The topological polar surface area (TPSA) is 43.4 Å². The van der Waals surface area contributed by atoms with Gasteiger partial charge in [0.25, 0.3) is 0 Å². The van der Waals surface area contributed by atoms with Gasteiger partial charge >= 0.3 is 5.97 Å². The van der Waals surface area contributed by atoms with E-state index in [0.717, 1.165) is 12.8 Å². The summed E-state index contributed by atoms with van der Waals surface area (Å²) in [7, 11) is 0. The van der Waals surface area contributed by atoms with Crippen molar-refractivity contribution in [2.75, 3.05) is 6.61 Å². The summed E-state index contributed by atoms with van der Waals surface area (Å²) >= 11 is 0. The van der Waals surface area contributed by atoms with Crippen molar-refractivity contribution in [3.05, 3.63) is 0 Å². The first-order chi connectivity index (χ1) is 6.72. The van der Waals surface area contributed by atoms with E-state index in [0.29, 0.717) is 25.2 Å². The fraction of sp³-hybridized carbons (Fsp3) is 0.818. The molecule has 0 aromatic heterocycles. The molecule has 2 rings (SSSR count). The van der Waals surface area contributed by atoms with Crippen LogP contribution in [-0.2, 0) is 14.3 Å². The molecule has 0 aromatic carbocycles. The van der Waals surface area contributed by atoms with E-state index in [9.17, 15) is 9.59 Å². The highest BCUT2D eigenvalue weighted by Crippen LogP contribution is 2.45. The lowest BCUT2D eigenvalue weighted by molar-refractivity contribution is -0.152. The van der Waals surface area contributed by atoms with E-state index in [2.05, 4.69) is 0 Å². The molecule has 0 aromatic rings. The fourth-order valence-electron chi connectivity index (χ4n) is 2.92. The standard InChI is InChI=1S/C11H16O3/c1-2-14-11(13)10-7-3-4-8(10)6-9(12)5-7/h7-8,10H,2-6H2,1H3/t7-,8-/m0/s1.